The number of ether oxygens (including phenoxy) is 1. The SMILES string of the molecule is COC(=O)/C(c1ccc(Cl)cc1)=[N+](/[O-])c1ccccc1. The van der Waals surface area contributed by atoms with Gasteiger partial charge in [0.15, 0.2) is 0 Å². The van der Waals surface area contributed by atoms with Crippen LogP contribution in [0.5, 0.6) is 0 Å². The molecule has 20 heavy (non-hydrogen) atoms. The molecule has 0 aliphatic heterocycles. The first kappa shape index (κ1) is 14.1. The first-order valence-corrected chi connectivity index (χ1v) is 6.25. The van der Waals surface area contributed by atoms with Gasteiger partial charge >= 0.3 is 11.7 Å². The van der Waals surface area contributed by atoms with Gasteiger partial charge in [0.05, 0.1) is 12.7 Å². The summed E-state index contributed by atoms with van der Waals surface area (Å²) < 4.78 is 5.24. The van der Waals surface area contributed by atoms with Gasteiger partial charge in [0, 0.05) is 17.2 Å². The van der Waals surface area contributed by atoms with Crippen LogP contribution in [0, 0.1) is 5.21 Å². The number of para-hydroxylation sites is 1. The molecule has 5 heteroatoms. The molecule has 0 aliphatic rings. The molecule has 2 aromatic carbocycles. The van der Waals surface area contributed by atoms with E-state index in [1.165, 1.54) is 7.11 Å². The largest absolute Gasteiger partial charge is 0.618 e. The van der Waals surface area contributed by atoms with Gasteiger partial charge in [0.25, 0.3) is 0 Å². The Morgan fingerprint density at radius 1 is 1.10 bits per heavy atom. The fourth-order valence-corrected chi connectivity index (χ4v) is 1.84. The van der Waals surface area contributed by atoms with Crippen molar-refractivity contribution in [3.63, 3.8) is 0 Å². The number of halogens is 1. The third-order valence-corrected chi connectivity index (χ3v) is 2.94. The molecule has 2 rings (SSSR count). The van der Waals surface area contributed by atoms with Crippen LogP contribution in [0.25, 0.3) is 0 Å². The number of esters is 1. The molecule has 0 spiro atoms. The Morgan fingerprint density at radius 2 is 1.70 bits per heavy atom. The average Bonchev–Trinajstić information content (AvgIpc) is 2.50. The highest BCUT2D eigenvalue weighted by Gasteiger charge is 2.24. The summed E-state index contributed by atoms with van der Waals surface area (Å²) in [6.45, 7) is 0. The van der Waals surface area contributed by atoms with Gasteiger partial charge < -0.3 is 9.94 Å². The molecule has 0 radical (unpaired) electrons. The third-order valence-electron chi connectivity index (χ3n) is 2.69. The number of carbonyl (C=O) groups is 1. The zero-order valence-corrected chi connectivity index (χ0v) is 11.5. The second kappa shape index (κ2) is 6.21. The lowest BCUT2D eigenvalue weighted by atomic mass is 10.1. The molecule has 4 nitrogen and oxygen atoms in total. The van der Waals surface area contributed by atoms with E-state index in [1.807, 2.05) is 0 Å². The maximum Gasteiger partial charge on any atom is 0.405 e. The predicted octanol–water partition coefficient (Wildman–Crippen LogP) is 3.14. The van der Waals surface area contributed by atoms with E-state index < -0.39 is 5.97 Å². The van der Waals surface area contributed by atoms with Gasteiger partial charge in [-0.3, -0.25) is 0 Å². The molecule has 0 amide bonds. The Kier molecular flexibility index (Phi) is 4.38. The Bertz CT molecular complexity index is 636. The second-order valence-corrected chi connectivity index (χ2v) is 4.41. The molecule has 2 aromatic rings. The standard InChI is InChI=1S/C15H12ClNO3/c1-20-15(18)14(11-7-9-12(16)10-8-11)17(19)13-5-3-2-4-6-13/h2-10H,1H3/b17-14+. The lowest BCUT2D eigenvalue weighted by Gasteiger charge is -2.09. The molecule has 0 aliphatic carbocycles. The maximum absolute atomic E-state index is 12.4. The van der Waals surface area contributed by atoms with Crippen LogP contribution in [-0.2, 0) is 9.53 Å². The van der Waals surface area contributed by atoms with E-state index in [0.29, 0.717) is 21.0 Å². The van der Waals surface area contributed by atoms with Crippen molar-refractivity contribution in [3.05, 3.63) is 70.4 Å². The van der Waals surface area contributed by atoms with Crippen molar-refractivity contribution < 1.29 is 14.3 Å². The molecule has 0 saturated heterocycles. The normalized spacial score (nSPS) is 11.7. The van der Waals surface area contributed by atoms with E-state index in [1.54, 1.807) is 54.6 Å². The summed E-state index contributed by atoms with van der Waals surface area (Å²) >= 11 is 5.81. The van der Waals surface area contributed by atoms with Crippen LogP contribution in [0.4, 0.5) is 5.69 Å². The molecule has 0 bridgehead atoms. The minimum atomic E-state index is -0.703. The van der Waals surface area contributed by atoms with Crippen LogP contribution in [0.15, 0.2) is 54.6 Å². The minimum absolute atomic E-state index is 0.0876. The third kappa shape index (κ3) is 2.97. The second-order valence-electron chi connectivity index (χ2n) is 3.98. The first-order valence-electron chi connectivity index (χ1n) is 5.87. The van der Waals surface area contributed by atoms with Gasteiger partial charge in [-0.25, -0.2) is 4.79 Å². The molecule has 0 fully saturated rings. The number of methoxy groups -OCH3 is 1. The van der Waals surface area contributed by atoms with Crippen molar-refractivity contribution >= 4 is 29.0 Å². The molecule has 0 aromatic heterocycles. The van der Waals surface area contributed by atoms with Crippen molar-refractivity contribution in [1.82, 2.24) is 0 Å². The van der Waals surface area contributed by atoms with Crippen molar-refractivity contribution in [2.24, 2.45) is 0 Å². The zero-order chi connectivity index (χ0) is 14.5. The summed E-state index contributed by atoms with van der Waals surface area (Å²) in [5, 5.41) is 12.9. The number of benzene rings is 2. The fraction of sp³-hybridized carbons (Fsp3) is 0.0667. The Morgan fingerprint density at radius 3 is 2.25 bits per heavy atom. The molecule has 0 atom stereocenters. The molecule has 0 N–H and O–H groups in total. The van der Waals surface area contributed by atoms with Crippen LogP contribution in [0.2, 0.25) is 5.02 Å². The number of nitrogens with zero attached hydrogens (tertiary/aromatic N) is 1. The van der Waals surface area contributed by atoms with Gasteiger partial charge in [-0.05, 0) is 24.3 Å². The number of carbonyl (C=O) groups excluding carboxylic acids is 1. The Labute approximate surface area is 121 Å². The Balaban J connectivity index is 2.58. The Hall–Kier alpha value is -2.33. The van der Waals surface area contributed by atoms with E-state index in [0.717, 1.165) is 0 Å². The zero-order valence-electron chi connectivity index (χ0n) is 10.7. The highest BCUT2D eigenvalue weighted by atomic mass is 35.5. The van der Waals surface area contributed by atoms with E-state index in [9.17, 15) is 10.0 Å². The molecular formula is C15H12ClNO3. The van der Waals surface area contributed by atoms with Crippen molar-refractivity contribution in [2.45, 2.75) is 0 Å². The molecule has 0 unspecified atom stereocenters. The summed E-state index contributed by atoms with van der Waals surface area (Å²) in [7, 11) is 1.23. The molecule has 102 valence electrons. The maximum atomic E-state index is 12.4. The molecule has 0 saturated carbocycles. The first-order chi connectivity index (χ1) is 9.63. The van der Waals surface area contributed by atoms with E-state index >= 15 is 0 Å². The highest BCUT2D eigenvalue weighted by Crippen LogP contribution is 2.15. The minimum Gasteiger partial charge on any atom is -0.618 e. The lowest BCUT2D eigenvalue weighted by molar-refractivity contribution is -0.360. The van der Waals surface area contributed by atoms with E-state index in [4.69, 9.17) is 11.6 Å². The predicted molar refractivity (Wildman–Crippen MR) is 77.3 cm³/mol. The highest BCUT2D eigenvalue weighted by molar-refractivity contribution is 6.41. The van der Waals surface area contributed by atoms with Crippen LogP contribution in [0.1, 0.15) is 5.56 Å². The van der Waals surface area contributed by atoms with E-state index in [-0.39, 0.29) is 5.71 Å². The number of hydrogen-bond donors (Lipinski definition) is 0. The summed E-state index contributed by atoms with van der Waals surface area (Å²) in [5.41, 5.74) is 0.707. The summed E-state index contributed by atoms with van der Waals surface area (Å²) in [6, 6.07) is 14.9. The fourth-order valence-electron chi connectivity index (χ4n) is 1.71. The van der Waals surface area contributed by atoms with Gasteiger partial charge in [-0.1, -0.05) is 29.8 Å². The summed E-state index contributed by atoms with van der Waals surface area (Å²) in [5.74, 6) is -0.703. The van der Waals surface area contributed by atoms with Crippen molar-refractivity contribution in [3.8, 4) is 0 Å². The van der Waals surface area contributed by atoms with Gasteiger partial charge in [0.2, 0.25) is 5.69 Å². The summed E-state index contributed by atoms with van der Waals surface area (Å²) in [4.78, 5) is 11.9. The van der Waals surface area contributed by atoms with Crippen LogP contribution in [0.3, 0.4) is 0 Å². The van der Waals surface area contributed by atoms with Gasteiger partial charge in [-0.15, -0.1) is 0 Å². The van der Waals surface area contributed by atoms with Gasteiger partial charge in [-0.2, -0.15) is 4.74 Å². The average molecular weight is 290 g/mol. The summed E-state index contributed by atoms with van der Waals surface area (Å²) in [6.07, 6.45) is 0. The lowest BCUT2D eigenvalue weighted by Crippen LogP contribution is -2.25. The van der Waals surface area contributed by atoms with Crippen LogP contribution >= 0.6 is 11.6 Å². The number of hydrogen-bond acceptors (Lipinski definition) is 3. The van der Waals surface area contributed by atoms with Crippen molar-refractivity contribution in [2.75, 3.05) is 7.11 Å². The molecular weight excluding hydrogens is 278 g/mol. The quantitative estimate of drug-likeness (QED) is 0.287. The van der Waals surface area contributed by atoms with Gasteiger partial charge in [0.1, 0.15) is 0 Å². The topological polar surface area (TPSA) is 52.4 Å². The van der Waals surface area contributed by atoms with Crippen LogP contribution in [-0.4, -0.2) is 23.5 Å². The number of rotatable bonds is 3. The van der Waals surface area contributed by atoms with Crippen LogP contribution < -0.4 is 0 Å². The van der Waals surface area contributed by atoms with Crippen molar-refractivity contribution in [1.29, 1.82) is 0 Å². The smallest absolute Gasteiger partial charge is 0.405 e. The van der Waals surface area contributed by atoms with E-state index in [2.05, 4.69) is 4.74 Å². The molecule has 0 heterocycles. The monoisotopic (exact) mass is 289 g/mol.